The Balaban J connectivity index is 2.81. The normalized spacial score (nSPS) is 13.0. The van der Waals surface area contributed by atoms with Crippen LogP contribution in [0.2, 0.25) is 5.02 Å². The van der Waals surface area contributed by atoms with Crippen molar-refractivity contribution in [2.24, 2.45) is 16.8 Å². The molecule has 0 saturated heterocycles. The smallest absolute Gasteiger partial charge is 0.227 e. The van der Waals surface area contributed by atoms with Crippen LogP contribution in [0.1, 0.15) is 19.4 Å². The molecule has 0 heterocycles. The molecule has 1 amide bonds. The number of nitrogens with zero attached hydrogens (tertiary/aromatic N) is 2. The first-order valence-electron chi connectivity index (χ1n) is 6.58. The molecular formula is C14H19ClFN3O2. The van der Waals surface area contributed by atoms with Gasteiger partial charge < -0.3 is 15.8 Å². The van der Waals surface area contributed by atoms with Gasteiger partial charge in [-0.15, -0.1) is 0 Å². The summed E-state index contributed by atoms with van der Waals surface area (Å²) in [5.41, 5.74) is 5.68. The van der Waals surface area contributed by atoms with Crippen LogP contribution in [-0.4, -0.2) is 34.9 Å². The summed E-state index contributed by atoms with van der Waals surface area (Å²) < 4.78 is 13.7. The molecule has 1 atom stereocenters. The van der Waals surface area contributed by atoms with Crippen molar-refractivity contribution >= 4 is 23.3 Å². The lowest BCUT2D eigenvalue weighted by Gasteiger charge is -2.24. The molecule has 0 fully saturated rings. The van der Waals surface area contributed by atoms with Gasteiger partial charge in [0.1, 0.15) is 11.7 Å². The van der Waals surface area contributed by atoms with Gasteiger partial charge in [0.05, 0.1) is 6.42 Å². The predicted octanol–water partition coefficient (Wildman–Crippen LogP) is 2.25. The fraction of sp³-hybridized carbons (Fsp3) is 0.429. The fourth-order valence-electron chi connectivity index (χ4n) is 1.89. The number of rotatable bonds is 6. The Morgan fingerprint density at radius 2 is 2.24 bits per heavy atom. The SMILES string of the molecule is CCN(CC(C)C(N)=NO)C(=O)Cc1c(F)cccc1Cl. The average molecular weight is 316 g/mol. The zero-order chi connectivity index (χ0) is 16.0. The van der Waals surface area contributed by atoms with Crippen LogP contribution in [-0.2, 0) is 11.2 Å². The van der Waals surface area contributed by atoms with Gasteiger partial charge in [-0.25, -0.2) is 4.39 Å². The van der Waals surface area contributed by atoms with Gasteiger partial charge in [-0.2, -0.15) is 0 Å². The van der Waals surface area contributed by atoms with Crippen molar-refractivity contribution < 1.29 is 14.4 Å². The molecule has 0 radical (unpaired) electrons. The van der Waals surface area contributed by atoms with Crippen molar-refractivity contribution in [3.63, 3.8) is 0 Å². The third kappa shape index (κ3) is 4.60. The third-order valence-corrected chi connectivity index (χ3v) is 3.59. The molecule has 1 rings (SSSR count). The van der Waals surface area contributed by atoms with Gasteiger partial charge in [-0.1, -0.05) is 29.7 Å². The fourth-order valence-corrected chi connectivity index (χ4v) is 2.12. The number of amidine groups is 1. The molecule has 0 spiro atoms. The van der Waals surface area contributed by atoms with E-state index >= 15 is 0 Å². The van der Waals surface area contributed by atoms with Crippen LogP contribution in [0.25, 0.3) is 0 Å². The summed E-state index contributed by atoms with van der Waals surface area (Å²) in [7, 11) is 0. The maximum Gasteiger partial charge on any atom is 0.227 e. The van der Waals surface area contributed by atoms with Crippen molar-refractivity contribution in [3.05, 3.63) is 34.6 Å². The molecular weight excluding hydrogens is 297 g/mol. The van der Waals surface area contributed by atoms with Crippen molar-refractivity contribution in [2.75, 3.05) is 13.1 Å². The second-order valence-electron chi connectivity index (χ2n) is 4.74. The summed E-state index contributed by atoms with van der Waals surface area (Å²) in [5.74, 6) is -1.02. The zero-order valence-electron chi connectivity index (χ0n) is 12.0. The largest absolute Gasteiger partial charge is 0.409 e. The summed E-state index contributed by atoms with van der Waals surface area (Å²) in [6, 6.07) is 4.30. The van der Waals surface area contributed by atoms with Gasteiger partial charge in [0.25, 0.3) is 0 Å². The highest BCUT2D eigenvalue weighted by Crippen LogP contribution is 2.20. The van der Waals surface area contributed by atoms with Gasteiger partial charge >= 0.3 is 0 Å². The number of oxime groups is 1. The lowest BCUT2D eigenvalue weighted by atomic mass is 10.1. The summed E-state index contributed by atoms with van der Waals surface area (Å²) in [4.78, 5) is 13.8. The predicted molar refractivity (Wildman–Crippen MR) is 79.9 cm³/mol. The molecule has 3 N–H and O–H groups in total. The Hall–Kier alpha value is -1.82. The number of amides is 1. The topological polar surface area (TPSA) is 78.9 Å². The van der Waals surface area contributed by atoms with E-state index in [2.05, 4.69) is 5.16 Å². The van der Waals surface area contributed by atoms with Crippen molar-refractivity contribution in [1.82, 2.24) is 4.90 Å². The van der Waals surface area contributed by atoms with Gasteiger partial charge in [0.15, 0.2) is 0 Å². The minimum atomic E-state index is -0.503. The summed E-state index contributed by atoms with van der Waals surface area (Å²) >= 11 is 5.92. The van der Waals surface area contributed by atoms with E-state index < -0.39 is 5.82 Å². The van der Waals surface area contributed by atoms with Gasteiger partial charge in [0, 0.05) is 29.6 Å². The van der Waals surface area contributed by atoms with Crippen molar-refractivity contribution in [2.45, 2.75) is 20.3 Å². The standard InChI is InChI=1S/C14H19ClFN3O2/c1-3-19(8-9(2)14(17)18-21)13(20)7-10-11(15)5-4-6-12(10)16/h4-6,9,21H,3,7-8H2,1-2H3,(H2,17,18). The van der Waals surface area contributed by atoms with E-state index in [1.807, 2.05) is 0 Å². The first-order chi connectivity index (χ1) is 9.90. The summed E-state index contributed by atoms with van der Waals surface area (Å²) in [5, 5.41) is 11.8. The summed E-state index contributed by atoms with van der Waals surface area (Å²) in [6.07, 6.45) is -0.123. The van der Waals surface area contributed by atoms with E-state index in [-0.39, 0.29) is 41.2 Å². The maximum absolute atomic E-state index is 13.7. The van der Waals surface area contributed by atoms with Crippen LogP contribution in [0.3, 0.4) is 0 Å². The van der Waals surface area contributed by atoms with Crippen LogP contribution in [0.15, 0.2) is 23.4 Å². The number of nitrogens with two attached hydrogens (primary N) is 1. The van der Waals surface area contributed by atoms with E-state index in [1.54, 1.807) is 19.9 Å². The number of carbonyl (C=O) groups is 1. The number of hydrogen-bond donors (Lipinski definition) is 2. The first kappa shape index (κ1) is 17.2. The molecule has 0 saturated carbocycles. The Bertz CT molecular complexity index is 517. The van der Waals surface area contributed by atoms with Crippen LogP contribution in [0.4, 0.5) is 4.39 Å². The number of benzene rings is 1. The Labute approximate surface area is 128 Å². The van der Waals surface area contributed by atoms with Gasteiger partial charge in [0.2, 0.25) is 5.91 Å². The molecule has 116 valence electrons. The van der Waals surface area contributed by atoms with Crippen molar-refractivity contribution in [3.8, 4) is 0 Å². The van der Waals surface area contributed by atoms with Gasteiger partial charge in [-0.3, -0.25) is 4.79 Å². The highest BCUT2D eigenvalue weighted by Gasteiger charge is 2.20. The van der Waals surface area contributed by atoms with Crippen LogP contribution < -0.4 is 5.73 Å². The molecule has 1 aromatic rings. The van der Waals surface area contributed by atoms with Gasteiger partial charge in [-0.05, 0) is 19.1 Å². The molecule has 1 unspecified atom stereocenters. The number of likely N-dealkylation sites (N-methyl/N-ethyl adjacent to an activating group) is 1. The molecule has 21 heavy (non-hydrogen) atoms. The molecule has 7 heteroatoms. The monoisotopic (exact) mass is 315 g/mol. The van der Waals surface area contributed by atoms with E-state index in [9.17, 15) is 9.18 Å². The Morgan fingerprint density at radius 1 is 1.57 bits per heavy atom. The highest BCUT2D eigenvalue weighted by atomic mass is 35.5. The van der Waals surface area contributed by atoms with Crippen molar-refractivity contribution in [1.29, 1.82) is 0 Å². The first-order valence-corrected chi connectivity index (χ1v) is 6.96. The number of halogens is 2. The minimum Gasteiger partial charge on any atom is -0.409 e. The van der Waals surface area contributed by atoms with Crippen LogP contribution in [0, 0.1) is 11.7 Å². The van der Waals surface area contributed by atoms with E-state index in [0.29, 0.717) is 6.54 Å². The molecule has 0 aliphatic heterocycles. The Morgan fingerprint density at radius 3 is 2.76 bits per heavy atom. The molecule has 0 bridgehead atoms. The maximum atomic E-state index is 13.7. The third-order valence-electron chi connectivity index (χ3n) is 3.24. The zero-order valence-corrected chi connectivity index (χ0v) is 12.8. The minimum absolute atomic E-state index is 0.0465. The number of hydrogen-bond acceptors (Lipinski definition) is 3. The lowest BCUT2D eigenvalue weighted by molar-refractivity contribution is -0.130. The highest BCUT2D eigenvalue weighted by molar-refractivity contribution is 6.31. The van der Waals surface area contributed by atoms with E-state index in [0.717, 1.165) is 0 Å². The summed E-state index contributed by atoms with van der Waals surface area (Å²) in [6.45, 7) is 4.27. The molecule has 0 aliphatic carbocycles. The quantitative estimate of drug-likeness (QED) is 0.366. The molecule has 1 aromatic carbocycles. The average Bonchev–Trinajstić information content (AvgIpc) is 2.47. The van der Waals surface area contributed by atoms with E-state index in [4.69, 9.17) is 22.5 Å². The van der Waals surface area contributed by atoms with Crippen LogP contribution in [0.5, 0.6) is 0 Å². The Kier molecular flexibility index (Phi) is 6.42. The second kappa shape index (κ2) is 7.83. The lowest BCUT2D eigenvalue weighted by Crippen LogP contribution is -2.39. The molecule has 0 aromatic heterocycles. The second-order valence-corrected chi connectivity index (χ2v) is 5.14. The van der Waals surface area contributed by atoms with E-state index in [1.165, 1.54) is 17.0 Å². The number of carbonyl (C=O) groups excluding carboxylic acids is 1. The van der Waals surface area contributed by atoms with Crippen LogP contribution >= 0.6 is 11.6 Å². The molecule has 0 aliphatic rings. The molecule has 5 nitrogen and oxygen atoms in total.